The predicted octanol–water partition coefficient (Wildman–Crippen LogP) is 7.26. The summed E-state index contributed by atoms with van der Waals surface area (Å²) < 4.78 is 26.5. The van der Waals surface area contributed by atoms with Crippen molar-refractivity contribution >= 4 is 0 Å². The average molecular weight is 340 g/mol. The lowest BCUT2D eigenvalue weighted by molar-refractivity contribution is 0.375. The summed E-state index contributed by atoms with van der Waals surface area (Å²) in [6.45, 7) is 2.21. The molecule has 0 N–H and O–H groups in total. The van der Waals surface area contributed by atoms with Crippen molar-refractivity contribution in [2.75, 3.05) is 0 Å². The van der Waals surface area contributed by atoms with E-state index in [4.69, 9.17) is 0 Å². The molecule has 0 spiro atoms. The molecule has 0 bridgehead atoms. The molecule has 0 unspecified atom stereocenters. The van der Waals surface area contributed by atoms with Crippen LogP contribution in [0, 0.1) is 17.6 Å². The van der Waals surface area contributed by atoms with E-state index in [0.29, 0.717) is 5.92 Å². The summed E-state index contributed by atoms with van der Waals surface area (Å²) in [5.74, 6) is -0.236. The van der Waals surface area contributed by atoms with E-state index in [1.165, 1.54) is 56.2 Å². The number of hydrogen-bond acceptors (Lipinski definition) is 0. The molecular formula is C23H26F2. The van der Waals surface area contributed by atoms with Gasteiger partial charge < -0.3 is 0 Å². The van der Waals surface area contributed by atoms with E-state index in [9.17, 15) is 8.78 Å². The third-order valence-electron chi connectivity index (χ3n) is 5.27. The molecule has 0 aromatic heterocycles. The van der Waals surface area contributed by atoms with Crippen LogP contribution >= 0.6 is 0 Å². The van der Waals surface area contributed by atoms with Crippen molar-refractivity contribution in [1.82, 2.24) is 0 Å². The molecule has 0 amide bonds. The molecule has 132 valence electrons. The van der Waals surface area contributed by atoms with E-state index in [2.05, 4.69) is 31.2 Å². The van der Waals surface area contributed by atoms with Crippen molar-refractivity contribution in [3.8, 4) is 11.1 Å². The quantitative estimate of drug-likeness (QED) is 0.502. The van der Waals surface area contributed by atoms with Gasteiger partial charge in [0.05, 0.1) is 0 Å². The van der Waals surface area contributed by atoms with Crippen LogP contribution in [0.15, 0.2) is 54.6 Å². The summed E-state index contributed by atoms with van der Waals surface area (Å²) in [4.78, 5) is 0. The molecule has 1 aliphatic carbocycles. The van der Waals surface area contributed by atoms with Crippen LogP contribution in [-0.4, -0.2) is 0 Å². The minimum atomic E-state index is -0.801. The van der Waals surface area contributed by atoms with Gasteiger partial charge in [-0.05, 0) is 72.8 Å². The summed E-state index contributed by atoms with van der Waals surface area (Å²) in [6.07, 6.45) is 12.1. The van der Waals surface area contributed by atoms with E-state index in [1.54, 1.807) is 6.07 Å². The van der Waals surface area contributed by atoms with E-state index < -0.39 is 11.6 Å². The third kappa shape index (κ3) is 4.56. The lowest BCUT2D eigenvalue weighted by Gasteiger charge is -2.27. The Balaban J connectivity index is 1.62. The lowest BCUT2D eigenvalue weighted by atomic mass is 9.78. The predicted molar refractivity (Wildman–Crippen MR) is 101 cm³/mol. The van der Waals surface area contributed by atoms with Crippen molar-refractivity contribution in [3.05, 3.63) is 71.8 Å². The average Bonchev–Trinajstić information content (AvgIpc) is 2.65. The normalized spacial score (nSPS) is 20.9. The number of benzene rings is 2. The zero-order valence-electron chi connectivity index (χ0n) is 14.8. The highest BCUT2D eigenvalue weighted by molar-refractivity contribution is 5.63. The van der Waals surface area contributed by atoms with Crippen molar-refractivity contribution < 1.29 is 8.78 Å². The molecule has 0 nitrogen and oxygen atoms in total. The Hall–Kier alpha value is -1.96. The minimum absolute atomic E-state index is 0.620. The first-order valence-corrected chi connectivity index (χ1v) is 9.39. The molecule has 1 saturated carbocycles. The van der Waals surface area contributed by atoms with Crippen LogP contribution in [0.25, 0.3) is 11.1 Å². The van der Waals surface area contributed by atoms with E-state index in [-0.39, 0.29) is 0 Å². The Kier molecular flexibility index (Phi) is 6.01. The summed E-state index contributed by atoms with van der Waals surface area (Å²) in [7, 11) is 0. The molecule has 0 aliphatic heterocycles. The second-order valence-corrected chi connectivity index (χ2v) is 7.08. The molecular weight excluding hydrogens is 314 g/mol. The fourth-order valence-corrected chi connectivity index (χ4v) is 3.72. The minimum Gasteiger partial charge on any atom is -0.204 e. The van der Waals surface area contributed by atoms with Crippen LogP contribution in [0.4, 0.5) is 8.78 Å². The Morgan fingerprint density at radius 2 is 1.56 bits per heavy atom. The summed E-state index contributed by atoms with van der Waals surface area (Å²) in [5, 5.41) is 0. The highest BCUT2D eigenvalue weighted by Gasteiger charge is 2.20. The molecule has 0 atom stereocenters. The van der Waals surface area contributed by atoms with Gasteiger partial charge in [-0.1, -0.05) is 55.8 Å². The van der Waals surface area contributed by atoms with Gasteiger partial charge in [0.2, 0.25) is 0 Å². The summed E-state index contributed by atoms with van der Waals surface area (Å²) in [6, 6.07) is 12.4. The molecule has 25 heavy (non-hydrogen) atoms. The maximum absolute atomic E-state index is 13.4. The number of unbranched alkanes of at least 4 members (excludes halogenated alkanes) is 1. The molecule has 0 radical (unpaired) electrons. The van der Waals surface area contributed by atoms with Crippen LogP contribution in [0.5, 0.6) is 0 Å². The largest absolute Gasteiger partial charge is 0.204 e. The molecule has 0 saturated heterocycles. The Morgan fingerprint density at radius 3 is 2.20 bits per heavy atom. The molecule has 2 aromatic carbocycles. The van der Waals surface area contributed by atoms with Crippen LogP contribution in [-0.2, 0) is 0 Å². The first kappa shape index (κ1) is 17.8. The first-order chi connectivity index (χ1) is 12.2. The van der Waals surface area contributed by atoms with E-state index >= 15 is 0 Å². The maximum Gasteiger partial charge on any atom is 0.159 e. The van der Waals surface area contributed by atoms with Crippen molar-refractivity contribution in [2.24, 2.45) is 5.92 Å². The SMILES string of the molecule is CCCC=CC1CCC(c2ccc(-c3ccc(F)c(F)c3)cc2)CC1. The van der Waals surface area contributed by atoms with Gasteiger partial charge in [-0.2, -0.15) is 0 Å². The maximum atomic E-state index is 13.4. The molecule has 3 rings (SSSR count). The number of rotatable bonds is 5. The van der Waals surface area contributed by atoms with Crippen LogP contribution < -0.4 is 0 Å². The zero-order valence-corrected chi connectivity index (χ0v) is 14.8. The van der Waals surface area contributed by atoms with E-state index in [0.717, 1.165) is 17.0 Å². The second-order valence-electron chi connectivity index (χ2n) is 7.08. The van der Waals surface area contributed by atoms with E-state index in [1.807, 2.05) is 12.1 Å². The van der Waals surface area contributed by atoms with Crippen molar-refractivity contribution in [1.29, 1.82) is 0 Å². The van der Waals surface area contributed by atoms with Gasteiger partial charge in [-0.3, -0.25) is 0 Å². The Bertz CT molecular complexity index is 707. The Morgan fingerprint density at radius 1 is 0.880 bits per heavy atom. The highest BCUT2D eigenvalue weighted by atomic mass is 19.2. The fourth-order valence-electron chi connectivity index (χ4n) is 3.72. The molecule has 2 aromatic rings. The van der Waals surface area contributed by atoms with Gasteiger partial charge in [-0.25, -0.2) is 8.78 Å². The summed E-state index contributed by atoms with van der Waals surface area (Å²) in [5.41, 5.74) is 3.01. The van der Waals surface area contributed by atoms with Gasteiger partial charge in [0, 0.05) is 0 Å². The topological polar surface area (TPSA) is 0 Å². The highest BCUT2D eigenvalue weighted by Crippen LogP contribution is 2.37. The Labute approximate surface area is 149 Å². The zero-order chi connectivity index (χ0) is 17.6. The monoisotopic (exact) mass is 340 g/mol. The van der Waals surface area contributed by atoms with Crippen LogP contribution in [0.3, 0.4) is 0 Å². The second kappa shape index (κ2) is 8.42. The smallest absolute Gasteiger partial charge is 0.159 e. The fraction of sp³-hybridized carbons (Fsp3) is 0.391. The van der Waals surface area contributed by atoms with Crippen LogP contribution in [0.2, 0.25) is 0 Å². The van der Waals surface area contributed by atoms with Gasteiger partial charge in [0.25, 0.3) is 0 Å². The standard InChI is InChI=1S/C23H26F2/c1-2-3-4-5-17-6-8-18(9-7-17)19-10-12-20(13-11-19)21-14-15-22(24)23(25)16-21/h4-5,10-18H,2-3,6-9H2,1H3. The van der Waals surface area contributed by atoms with Crippen molar-refractivity contribution in [2.45, 2.75) is 51.4 Å². The lowest BCUT2D eigenvalue weighted by Crippen LogP contribution is -2.11. The van der Waals surface area contributed by atoms with Gasteiger partial charge in [-0.15, -0.1) is 0 Å². The molecule has 1 aliphatic rings. The summed E-state index contributed by atoms with van der Waals surface area (Å²) >= 11 is 0. The van der Waals surface area contributed by atoms with Gasteiger partial charge >= 0.3 is 0 Å². The number of halogens is 2. The number of allylic oxidation sites excluding steroid dienone is 2. The van der Waals surface area contributed by atoms with Crippen LogP contribution in [0.1, 0.15) is 56.9 Å². The first-order valence-electron chi connectivity index (χ1n) is 9.39. The molecule has 2 heteroatoms. The third-order valence-corrected chi connectivity index (χ3v) is 5.27. The number of hydrogen-bond donors (Lipinski definition) is 0. The van der Waals surface area contributed by atoms with Gasteiger partial charge in [0.15, 0.2) is 11.6 Å². The molecule has 0 heterocycles. The van der Waals surface area contributed by atoms with Gasteiger partial charge in [0.1, 0.15) is 0 Å². The van der Waals surface area contributed by atoms with Crippen molar-refractivity contribution in [3.63, 3.8) is 0 Å². The molecule has 1 fully saturated rings.